The van der Waals surface area contributed by atoms with Crippen molar-refractivity contribution >= 4 is 24.0 Å². The van der Waals surface area contributed by atoms with Crippen molar-refractivity contribution in [1.82, 2.24) is 0 Å². The molecule has 0 aliphatic carbocycles. The number of esters is 2. The zero-order chi connectivity index (χ0) is 18.2. The summed E-state index contributed by atoms with van der Waals surface area (Å²) < 4.78 is 9.98. The largest absolute Gasteiger partial charge is 0.478 e. The van der Waals surface area contributed by atoms with Crippen molar-refractivity contribution in [2.75, 3.05) is 13.2 Å². The molecule has 0 aliphatic rings. The molecule has 0 saturated heterocycles. The van der Waals surface area contributed by atoms with Crippen molar-refractivity contribution in [3.8, 4) is 0 Å². The van der Waals surface area contributed by atoms with Crippen molar-refractivity contribution < 1.29 is 29.0 Å². The fraction of sp³-hybridized carbons (Fsp3) is 0.389. The van der Waals surface area contributed by atoms with Crippen molar-refractivity contribution in [2.45, 2.75) is 27.2 Å². The minimum atomic E-state index is -1.01. The Morgan fingerprint density at radius 2 is 1.67 bits per heavy atom. The number of rotatable bonds is 8. The predicted octanol–water partition coefficient (Wildman–Crippen LogP) is 2.92. The maximum atomic E-state index is 11.7. The average Bonchev–Trinajstić information content (AvgIpc) is 2.56. The third-order valence-electron chi connectivity index (χ3n) is 3.57. The molecule has 0 unspecified atom stereocenters. The van der Waals surface area contributed by atoms with Gasteiger partial charge in [-0.2, -0.15) is 0 Å². The van der Waals surface area contributed by atoms with Crippen LogP contribution in [-0.4, -0.2) is 36.2 Å². The molecule has 0 radical (unpaired) electrons. The number of ether oxygens (including phenoxy) is 2. The fourth-order valence-electron chi connectivity index (χ4n) is 1.57. The van der Waals surface area contributed by atoms with Crippen LogP contribution in [0, 0.1) is 5.41 Å². The first-order chi connectivity index (χ1) is 11.3. The molecule has 0 aromatic heterocycles. The Morgan fingerprint density at radius 3 is 2.21 bits per heavy atom. The van der Waals surface area contributed by atoms with Crippen molar-refractivity contribution in [2.24, 2.45) is 5.41 Å². The van der Waals surface area contributed by atoms with Gasteiger partial charge in [0, 0.05) is 6.08 Å². The number of carboxylic acids is 1. The van der Waals surface area contributed by atoms with E-state index in [2.05, 4.69) is 0 Å². The molecule has 24 heavy (non-hydrogen) atoms. The van der Waals surface area contributed by atoms with E-state index in [4.69, 9.17) is 14.6 Å². The van der Waals surface area contributed by atoms with Gasteiger partial charge in [0.05, 0.1) is 11.0 Å². The Kier molecular flexibility index (Phi) is 7.17. The summed E-state index contributed by atoms with van der Waals surface area (Å²) in [6.07, 6.45) is 3.41. The zero-order valence-corrected chi connectivity index (χ0v) is 14.1. The van der Waals surface area contributed by atoms with E-state index in [1.54, 1.807) is 26.0 Å². The van der Waals surface area contributed by atoms with Crippen LogP contribution in [-0.2, 0) is 19.1 Å². The van der Waals surface area contributed by atoms with Crippen LogP contribution in [0.3, 0.4) is 0 Å². The van der Waals surface area contributed by atoms with Gasteiger partial charge in [0.25, 0.3) is 0 Å². The number of aromatic carboxylic acids is 1. The summed E-state index contributed by atoms with van der Waals surface area (Å²) in [5.41, 5.74) is 0.297. The van der Waals surface area contributed by atoms with Crippen molar-refractivity contribution in [3.63, 3.8) is 0 Å². The monoisotopic (exact) mass is 334 g/mol. The van der Waals surface area contributed by atoms with Gasteiger partial charge in [-0.1, -0.05) is 19.1 Å². The molecule has 0 amide bonds. The molecule has 130 valence electrons. The standard InChI is InChI=1S/C18H22O6/c1-4-18(2,3)17(22)24-12-11-23-15(19)10-7-13-5-8-14(9-6-13)16(20)21/h5-10H,4,11-12H2,1-3H3,(H,20,21)/b10-7+. The molecule has 0 heterocycles. The smallest absolute Gasteiger partial charge is 0.335 e. The molecule has 1 aromatic rings. The minimum absolute atomic E-state index is 0.00908. The van der Waals surface area contributed by atoms with Gasteiger partial charge in [-0.25, -0.2) is 9.59 Å². The van der Waals surface area contributed by atoms with Crippen LogP contribution in [0.25, 0.3) is 6.08 Å². The van der Waals surface area contributed by atoms with Gasteiger partial charge >= 0.3 is 17.9 Å². The highest BCUT2D eigenvalue weighted by Gasteiger charge is 2.26. The molecular weight excluding hydrogens is 312 g/mol. The molecule has 0 fully saturated rings. The maximum absolute atomic E-state index is 11.7. The highest BCUT2D eigenvalue weighted by molar-refractivity contribution is 5.89. The lowest BCUT2D eigenvalue weighted by Crippen LogP contribution is -2.27. The Morgan fingerprint density at radius 1 is 1.08 bits per heavy atom. The minimum Gasteiger partial charge on any atom is -0.478 e. The first kappa shape index (κ1) is 19.4. The number of carbonyl (C=O) groups excluding carboxylic acids is 2. The Balaban J connectivity index is 2.36. The number of benzene rings is 1. The van der Waals surface area contributed by atoms with Gasteiger partial charge in [0.2, 0.25) is 0 Å². The van der Waals surface area contributed by atoms with E-state index in [1.807, 2.05) is 6.92 Å². The van der Waals surface area contributed by atoms with Gasteiger partial charge in [0.15, 0.2) is 0 Å². The number of carbonyl (C=O) groups is 3. The Labute approximate surface area is 141 Å². The molecular formula is C18H22O6. The Bertz CT molecular complexity index is 613. The number of hydrogen-bond donors (Lipinski definition) is 1. The van der Waals surface area contributed by atoms with Gasteiger partial charge in [-0.05, 0) is 44.0 Å². The van der Waals surface area contributed by atoms with E-state index >= 15 is 0 Å². The summed E-state index contributed by atoms with van der Waals surface area (Å²) in [4.78, 5) is 34.0. The topological polar surface area (TPSA) is 89.9 Å². The van der Waals surface area contributed by atoms with E-state index < -0.39 is 17.4 Å². The lowest BCUT2D eigenvalue weighted by atomic mass is 9.91. The molecule has 0 bridgehead atoms. The molecule has 0 spiro atoms. The quantitative estimate of drug-likeness (QED) is 0.446. The first-order valence-electron chi connectivity index (χ1n) is 7.61. The second kappa shape index (κ2) is 8.86. The van der Waals surface area contributed by atoms with Crippen LogP contribution >= 0.6 is 0 Å². The number of hydrogen-bond acceptors (Lipinski definition) is 5. The predicted molar refractivity (Wildman–Crippen MR) is 88.4 cm³/mol. The van der Waals surface area contributed by atoms with Crippen LogP contribution in [0.5, 0.6) is 0 Å². The summed E-state index contributed by atoms with van der Waals surface area (Å²) in [7, 11) is 0. The van der Waals surface area contributed by atoms with Crippen molar-refractivity contribution in [3.05, 3.63) is 41.5 Å². The summed E-state index contributed by atoms with van der Waals surface area (Å²) >= 11 is 0. The average molecular weight is 334 g/mol. The molecule has 1 rings (SSSR count). The molecule has 0 aliphatic heterocycles. The van der Waals surface area contributed by atoms with Crippen LogP contribution in [0.15, 0.2) is 30.3 Å². The lowest BCUT2D eigenvalue weighted by molar-refractivity contribution is -0.157. The van der Waals surface area contributed by atoms with Gasteiger partial charge in [-0.15, -0.1) is 0 Å². The van der Waals surface area contributed by atoms with E-state index in [1.165, 1.54) is 24.3 Å². The normalized spacial score (nSPS) is 11.3. The maximum Gasteiger partial charge on any atom is 0.335 e. The molecule has 1 aromatic carbocycles. The first-order valence-corrected chi connectivity index (χ1v) is 7.61. The number of carboxylic acid groups (broad SMARTS) is 1. The summed E-state index contributed by atoms with van der Waals surface area (Å²) in [6, 6.07) is 6.06. The van der Waals surface area contributed by atoms with Gasteiger partial charge in [-0.3, -0.25) is 4.79 Å². The third kappa shape index (κ3) is 6.24. The van der Waals surface area contributed by atoms with E-state index in [9.17, 15) is 14.4 Å². The van der Waals surface area contributed by atoms with E-state index in [0.717, 1.165) is 0 Å². The molecule has 1 N–H and O–H groups in total. The summed E-state index contributed by atoms with van der Waals surface area (Å²) in [6.45, 7) is 5.47. The van der Waals surface area contributed by atoms with Crippen LogP contribution in [0.2, 0.25) is 0 Å². The summed E-state index contributed by atoms with van der Waals surface area (Å²) in [5.74, 6) is -1.90. The highest BCUT2D eigenvalue weighted by Crippen LogP contribution is 2.21. The fourth-order valence-corrected chi connectivity index (χ4v) is 1.57. The molecule has 6 heteroatoms. The third-order valence-corrected chi connectivity index (χ3v) is 3.57. The lowest BCUT2D eigenvalue weighted by Gasteiger charge is -2.20. The SMILES string of the molecule is CCC(C)(C)C(=O)OCCOC(=O)/C=C/c1ccc(C(=O)O)cc1. The van der Waals surface area contributed by atoms with Crippen LogP contribution in [0.4, 0.5) is 0 Å². The molecule has 0 atom stereocenters. The summed E-state index contributed by atoms with van der Waals surface area (Å²) in [5, 5.41) is 8.79. The van der Waals surface area contributed by atoms with Crippen molar-refractivity contribution in [1.29, 1.82) is 0 Å². The second-order valence-corrected chi connectivity index (χ2v) is 5.80. The van der Waals surface area contributed by atoms with Crippen LogP contribution < -0.4 is 0 Å². The van der Waals surface area contributed by atoms with E-state index in [-0.39, 0.29) is 24.7 Å². The van der Waals surface area contributed by atoms with Crippen LogP contribution in [0.1, 0.15) is 43.1 Å². The second-order valence-electron chi connectivity index (χ2n) is 5.80. The molecule has 0 saturated carbocycles. The highest BCUT2D eigenvalue weighted by atomic mass is 16.6. The molecule has 6 nitrogen and oxygen atoms in total. The van der Waals surface area contributed by atoms with E-state index in [0.29, 0.717) is 12.0 Å². The Hall–Kier alpha value is -2.63. The zero-order valence-electron chi connectivity index (χ0n) is 14.1. The van der Waals surface area contributed by atoms with Gasteiger partial charge < -0.3 is 14.6 Å². The van der Waals surface area contributed by atoms with Gasteiger partial charge in [0.1, 0.15) is 13.2 Å².